The first-order valence-corrected chi connectivity index (χ1v) is 6.39. The topological polar surface area (TPSA) is 113 Å². The summed E-state index contributed by atoms with van der Waals surface area (Å²) >= 11 is 0. The Morgan fingerprint density at radius 1 is 1.56 bits per heavy atom. The quantitative estimate of drug-likeness (QED) is 0.540. The Morgan fingerprint density at radius 2 is 2.19 bits per heavy atom. The molecule has 0 bridgehead atoms. The van der Waals surface area contributed by atoms with E-state index in [1.165, 1.54) is 4.90 Å². The summed E-state index contributed by atoms with van der Waals surface area (Å²) < 4.78 is 31.2. The van der Waals surface area contributed by atoms with Gasteiger partial charge in [0.1, 0.15) is 5.82 Å². The van der Waals surface area contributed by atoms with Gasteiger partial charge in [-0.05, 0) is 18.8 Å². The van der Waals surface area contributed by atoms with Crippen LogP contribution in [0.3, 0.4) is 0 Å². The van der Waals surface area contributed by atoms with Gasteiger partial charge in [-0.3, -0.25) is 9.35 Å². The maximum atomic E-state index is 11.1. The molecule has 0 aromatic carbocycles. The molecule has 2 aliphatic rings. The van der Waals surface area contributed by atoms with Crippen molar-refractivity contribution in [3.63, 3.8) is 0 Å². The van der Waals surface area contributed by atoms with Crippen LogP contribution in [0, 0.1) is 5.92 Å². The summed E-state index contributed by atoms with van der Waals surface area (Å²) in [6.45, 7) is 0.424. The lowest BCUT2D eigenvalue weighted by molar-refractivity contribution is -0.118. The summed E-state index contributed by atoms with van der Waals surface area (Å²) in [6, 6.07) is 0. The largest absolute Gasteiger partial charge is 0.385 e. The number of carbonyl (C=O) groups is 1. The van der Waals surface area contributed by atoms with Gasteiger partial charge < -0.3 is 16.0 Å². The first-order chi connectivity index (χ1) is 7.38. The van der Waals surface area contributed by atoms with Crippen molar-refractivity contribution in [2.24, 2.45) is 11.7 Å². The van der Waals surface area contributed by atoms with Crippen LogP contribution in [0.1, 0.15) is 12.8 Å². The summed E-state index contributed by atoms with van der Waals surface area (Å²) in [4.78, 5) is 12.4. The molecule has 90 valence electrons. The minimum Gasteiger partial charge on any atom is -0.385 e. The predicted molar refractivity (Wildman–Crippen MR) is 55.2 cm³/mol. The van der Waals surface area contributed by atoms with Crippen molar-refractivity contribution in [1.29, 1.82) is 0 Å². The van der Waals surface area contributed by atoms with Crippen LogP contribution in [0.15, 0.2) is 11.9 Å². The summed E-state index contributed by atoms with van der Waals surface area (Å²) in [5, 5.41) is 2.16. The SMILES string of the molecule is NC1=CC(=O)NC(S(=O)(=O)O)N1CC1CC1. The molecule has 1 fully saturated rings. The Balaban J connectivity index is 2.26. The molecule has 1 aliphatic carbocycles. The highest BCUT2D eigenvalue weighted by atomic mass is 32.2. The zero-order valence-corrected chi connectivity index (χ0v) is 9.27. The number of nitrogens with zero attached hydrogens (tertiary/aromatic N) is 1. The molecule has 0 radical (unpaired) electrons. The van der Waals surface area contributed by atoms with E-state index in [-0.39, 0.29) is 5.82 Å². The zero-order chi connectivity index (χ0) is 11.9. The van der Waals surface area contributed by atoms with E-state index in [9.17, 15) is 13.2 Å². The number of hydrogen-bond acceptors (Lipinski definition) is 5. The van der Waals surface area contributed by atoms with Crippen LogP contribution in [0.2, 0.25) is 0 Å². The molecule has 0 saturated heterocycles. The average Bonchev–Trinajstić information content (AvgIpc) is 2.91. The van der Waals surface area contributed by atoms with E-state index in [0.717, 1.165) is 18.9 Å². The van der Waals surface area contributed by atoms with E-state index in [1.54, 1.807) is 0 Å². The third kappa shape index (κ3) is 2.27. The fourth-order valence-corrected chi connectivity index (χ4v) is 2.40. The number of rotatable bonds is 3. The van der Waals surface area contributed by atoms with Crippen LogP contribution in [-0.4, -0.2) is 35.8 Å². The van der Waals surface area contributed by atoms with Crippen molar-refractivity contribution in [1.82, 2.24) is 10.2 Å². The van der Waals surface area contributed by atoms with E-state index in [1.807, 2.05) is 0 Å². The first-order valence-electron chi connectivity index (χ1n) is 4.88. The third-order valence-electron chi connectivity index (χ3n) is 2.59. The minimum absolute atomic E-state index is 0.0678. The van der Waals surface area contributed by atoms with Crippen molar-refractivity contribution in [2.45, 2.75) is 18.3 Å². The van der Waals surface area contributed by atoms with Crippen LogP contribution in [0.5, 0.6) is 0 Å². The highest BCUT2D eigenvalue weighted by molar-refractivity contribution is 7.86. The maximum Gasteiger partial charge on any atom is 0.306 e. The molecule has 0 aromatic heterocycles. The van der Waals surface area contributed by atoms with Crippen molar-refractivity contribution in [2.75, 3.05) is 6.54 Å². The number of carbonyl (C=O) groups excluding carboxylic acids is 1. The van der Waals surface area contributed by atoms with E-state index in [4.69, 9.17) is 10.3 Å². The lowest BCUT2D eigenvalue weighted by atomic mass is 10.3. The van der Waals surface area contributed by atoms with Gasteiger partial charge in [0.2, 0.25) is 11.4 Å². The predicted octanol–water partition coefficient (Wildman–Crippen LogP) is -1.20. The molecule has 1 amide bonds. The van der Waals surface area contributed by atoms with Crippen molar-refractivity contribution in [3.8, 4) is 0 Å². The fraction of sp³-hybridized carbons (Fsp3) is 0.625. The molecule has 1 saturated carbocycles. The number of nitrogens with one attached hydrogen (secondary N) is 1. The van der Waals surface area contributed by atoms with Gasteiger partial charge in [0.15, 0.2) is 0 Å². The van der Waals surface area contributed by atoms with E-state index in [0.29, 0.717) is 12.5 Å². The summed E-state index contributed by atoms with van der Waals surface area (Å²) in [5.74, 6) is -0.170. The second kappa shape index (κ2) is 3.63. The molecule has 4 N–H and O–H groups in total. The van der Waals surface area contributed by atoms with Crippen molar-refractivity contribution in [3.05, 3.63) is 11.9 Å². The molecule has 1 heterocycles. The Kier molecular flexibility index (Phi) is 2.55. The molecule has 0 spiro atoms. The first kappa shape index (κ1) is 11.2. The molecule has 8 heteroatoms. The van der Waals surface area contributed by atoms with Crippen LogP contribution >= 0.6 is 0 Å². The van der Waals surface area contributed by atoms with Crippen molar-refractivity contribution < 1.29 is 17.8 Å². The summed E-state index contributed by atoms with van der Waals surface area (Å²) in [6.07, 6.45) is 3.13. The van der Waals surface area contributed by atoms with Crippen LogP contribution in [-0.2, 0) is 14.9 Å². The van der Waals surface area contributed by atoms with Gasteiger partial charge in [0, 0.05) is 12.6 Å². The normalized spacial score (nSPS) is 26.3. The second-order valence-electron chi connectivity index (χ2n) is 4.04. The highest BCUT2D eigenvalue weighted by Gasteiger charge is 2.38. The molecular formula is C8H13N3O4S. The van der Waals surface area contributed by atoms with Crippen molar-refractivity contribution >= 4 is 16.0 Å². The summed E-state index contributed by atoms with van der Waals surface area (Å²) in [5.41, 5.74) is 4.12. The molecule has 1 atom stereocenters. The molecule has 7 nitrogen and oxygen atoms in total. The van der Waals surface area contributed by atoms with E-state index >= 15 is 0 Å². The highest BCUT2D eigenvalue weighted by Crippen LogP contribution is 2.31. The van der Waals surface area contributed by atoms with Gasteiger partial charge in [-0.15, -0.1) is 0 Å². The third-order valence-corrected chi connectivity index (χ3v) is 3.53. The van der Waals surface area contributed by atoms with E-state index in [2.05, 4.69) is 5.32 Å². The minimum atomic E-state index is -4.39. The maximum absolute atomic E-state index is 11.1. The monoisotopic (exact) mass is 247 g/mol. The molecular weight excluding hydrogens is 234 g/mol. The molecule has 2 rings (SSSR count). The summed E-state index contributed by atoms with van der Waals surface area (Å²) in [7, 11) is -4.39. The number of nitrogens with two attached hydrogens (primary N) is 1. The molecule has 1 unspecified atom stereocenters. The van der Waals surface area contributed by atoms with Crippen LogP contribution < -0.4 is 11.1 Å². The van der Waals surface area contributed by atoms with Gasteiger partial charge >= 0.3 is 10.1 Å². The van der Waals surface area contributed by atoms with Gasteiger partial charge in [-0.25, -0.2) is 0 Å². The van der Waals surface area contributed by atoms with E-state index < -0.39 is 21.5 Å². The number of amides is 1. The van der Waals surface area contributed by atoms with Gasteiger partial charge in [-0.1, -0.05) is 0 Å². The molecule has 0 aromatic rings. The zero-order valence-electron chi connectivity index (χ0n) is 8.46. The number of hydrogen-bond donors (Lipinski definition) is 3. The van der Waals surface area contributed by atoms with Gasteiger partial charge in [-0.2, -0.15) is 8.42 Å². The lowest BCUT2D eigenvalue weighted by Crippen LogP contribution is -2.56. The Labute approximate surface area is 93.0 Å². The molecule has 16 heavy (non-hydrogen) atoms. The lowest BCUT2D eigenvalue weighted by Gasteiger charge is -2.34. The fourth-order valence-electron chi connectivity index (χ4n) is 1.61. The Morgan fingerprint density at radius 3 is 2.69 bits per heavy atom. The van der Waals surface area contributed by atoms with Gasteiger partial charge in [0.05, 0.1) is 0 Å². The average molecular weight is 247 g/mol. The van der Waals surface area contributed by atoms with Crippen LogP contribution in [0.25, 0.3) is 0 Å². The second-order valence-corrected chi connectivity index (χ2v) is 5.52. The van der Waals surface area contributed by atoms with Gasteiger partial charge in [0.25, 0.3) is 0 Å². The smallest absolute Gasteiger partial charge is 0.306 e. The molecule has 1 aliphatic heterocycles. The standard InChI is InChI=1S/C8H13N3O4S/c9-6-3-7(12)10-8(16(13,14)15)11(6)4-5-1-2-5/h3,5,8H,1-2,4,9H2,(H,10,12)(H,13,14,15). The Bertz CT molecular complexity index is 440. The Hall–Kier alpha value is -1.28. The van der Waals surface area contributed by atoms with Crippen LogP contribution in [0.4, 0.5) is 0 Å².